The third-order valence-electron chi connectivity index (χ3n) is 1.00. The summed E-state index contributed by atoms with van der Waals surface area (Å²) >= 11 is 0. The minimum atomic E-state index is -0.624. The Morgan fingerprint density at radius 3 is 2.78 bits per heavy atom. The maximum atomic E-state index is 10.3. The highest BCUT2D eigenvalue weighted by Gasteiger charge is 2.07. The first-order valence-corrected chi connectivity index (χ1v) is 2.78. The van der Waals surface area contributed by atoms with Gasteiger partial charge in [-0.1, -0.05) is 6.92 Å². The molecule has 0 saturated carbocycles. The molecule has 3 N–H and O–H groups in total. The standard InChI is InChI=1S/C5H11NO3/c1-2-4(7)3-5(8)9-6/h4,7H,2-3,6H2,1H3. The number of aliphatic hydroxyl groups is 1. The molecule has 0 fully saturated rings. The molecule has 0 rings (SSSR count). The molecule has 0 heterocycles. The minimum absolute atomic E-state index is 0.0208. The van der Waals surface area contributed by atoms with Gasteiger partial charge in [0.15, 0.2) is 0 Å². The van der Waals surface area contributed by atoms with Gasteiger partial charge in [0.1, 0.15) is 0 Å². The second-order valence-electron chi connectivity index (χ2n) is 1.76. The highest BCUT2D eigenvalue weighted by molar-refractivity contribution is 5.69. The van der Waals surface area contributed by atoms with Crippen molar-refractivity contribution in [3.8, 4) is 0 Å². The van der Waals surface area contributed by atoms with Gasteiger partial charge < -0.3 is 9.94 Å². The maximum absolute atomic E-state index is 10.3. The minimum Gasteiger partial charge on any atom is -0.393 e. The second-order valence-corrected chi connectivity index (χ2v) is 1.76. The average Bonchev–Trinajstić information content (AvgIpc) is 1.87. The van der Waals surface area contributed by atoms with Crippen molar-refractivity contribution in [1.82, 2.24) is 0 Å². The van der Waals surface area contributed by atoms with E-state index in [0.29, 0.717) is 6.42 Å². The van der Waals surface area contributed by atoms with Crippen molar-refractivity contribution >= 4 is 5.97 Å². The average molecular weight is 133 g/mol. The molecule has 0 saturated heterocycles. The molecule has 0 aromatic carbocycles. The van der Waals surface area contributed by atoms with Crippen LogP contribution >= 0.6 is 0 Å². The topological polar surface area (TPSA) is 72.5 Å². The lowest BCUT2D eigenvalue weighted by Crippen LogP contribution is -2.17. The van der Waals surface area contributed by atoms with Gasteiger partial charge >= 0.3 is 5.97 Å². The lowest BCUT2D eigenvalue weighted by atomic mass is 10.2. The zero-order valence-corrected chi connectivity index (χ0v) is 5.33. The Morgan fingerprint density at radius 2 is 2.44 bits per heavy atom. The molecule has 0 aromatic heterocycles. The lowest BCUT2D eigenvalue weighted by Gasteiger charge is -2.02. The quantitative estimate of drug-likeness (QED) is 0.512. The summed E-state index contributed by atoms with van der Waals surface area (Å²) in [7, 11) is 0. The van der Waals surface area contributed by atoms with Crippen LogP contribution in [0.1, 0.15) is 19.8 Å². The Labute approximate surface area is 53.6 Å². The van der Waals surface area contributed by atoms with E-state index in [9.17, 15) is 4.79 Å². The highest BCUT2D eigenvalue weighted by Crippen LogP contribution is 1.96. The van der Waals surface area contributed by atoms with Crippen LogP contribution in [0.4, 0.5) is 0 Å². The molecular formula is C5H11NO3. The molecule has 0 amide bonds. The summed E-state index contributed by atoms with van der Waals surface area (Å²) < 4.78 is 0. The van der Waals surface area contributed by atoms with E-state index in [1.807, 2.05) is 0 Å². The normalized spacial score (nSPS) is 12.8. The molecule has 54 valence electrons. The molecular weight excluding hydrogens is 122 g/mol. The molecule has 0 aromatic rings. The zero-order chi connectivity index (χ0) is 7.28. The SMILES string of the molecule is CCC(O)CC(=O)ON. The predicted octanol–water partition coefficient (Wildman–Crippen LogP) is -0.436. The van der Waals surface area contributed by atoms with Crippen molar-refractivity contribution in [1.29, 1.82) is 0 Å². The van der Waals surface area contributed by atoms with Gasteiger partial charge in [-0.2, -0.15) is 5.90 Å². The number of aliphatic hydroxyl groups excluding tert-OH is 1. The summed E-state index contributed by atoms with van der Waals surface area (Å²) in [6.07, 6.45) is -0.108. The van der Waals surface area contributed by atoms with Crippen LogP contribution in [0.3, 0.4) is 0 Å². The van der Waals surface area contributed by atoms with Gasteiger partial charge in [-0.25, -0.2) is 0 Å². The van der Waals surface area contributed by atoms with Crippen LogP contribution < -0.4 is 5.90 Å². The molecule has 0 aliphatic carbocycles. The van der Waals surface area contributed by atoms with Crippen LogP contribution in [0, 0.1) is 0 Å². The molecule has 1 unspecified atom stereocenters. The fourth-order valence-corrected chi connectivity index (χ4v) is 0.385. The van der Waals surface area contributed by atoms with Crippen LogP contribution in [0.25, 0.3) is 0 Å². The van der Waals surface area contributed by atoms with Crippen LogP contribution in [-0.4, -0.2) is 17.2 Å². The number of rotatable bonds is 3. The van der Waals surface area contributed by atoms with Crippen LogP contribution in [-0.2, 0) is 9.63 Å². The first-order valence-electron chi connectivity index (χ1n) is 2.78. The van der Waals surface area contributed by atoms with Crippen molar-refractivity contribution in [2.75, 3.05) is 0 Å². The molecule has 0 radical (unpaired) electrons. The monoisotopic (exact) mass is 133 g/mol. The zero-order valence-electron chi connectivity index (χ0n) is 5.33. The third kappa shape index (κ3) is 3.93. The Hall–Kier alpha value is -0.610. The van der Waals surface area contributed by atoms with Crippen LogP contribution in [0.15, 0.2) is 0 Å². The number of carbonyl (C=O) groups is 1. The number of hydrogen-bond donors (Lipinski definition) is 2. The maximum Gasteiger partial charge on any atom is 0.327 e. The van der Waals surface area contributed by atoms with Crippen molar-refractivity contribution < 1.29 is 14.7 Å². The molecule has 4 nitrogen and oxygen atoms in total. The van der Waals surface area contributed by atoms with Gasteiger partial charge in [0.25, 0.3) is 0 Å². The van der Waals surface area contributed by atoms with Crippen molar-refractivity contribution in [2.45, 2.75) is 25.9 Å². The van der Waals surface area contributed by atoms with Crippen LogP contribution in [0.2, 0.25) is 0 Å². The summed E-state index contributed by atoms with van der Waals surface area (Å²) in [5.74, 6) is 3.94. The first-order chi connectivity index (χ1) is 4.20. The second kappa shape index (κ2) is 4.29. The van der Waals surface area contributed by atoms with E-state index in [1.54, 1.807) is 6.92 Å². The fraction of sp³-hybridized carbons (Fsp3) is 0.800. The molecule has 0 aliphatic rings. The highest BCUT2D eigenvalue weighted by atomic mass is 16.7. The van der Waals surface area contributed by atoms with Crippen LogP contribution in [0.5, 0.6) is 0 Å². The third-order valence-corrected chi connectivity index (χ3v) is 1.00. The van der Waals surface area contributed by atoms with E-state index < -0.39 is 12.1 Å². The lowest BCUT2D eigenvalue weighted by molar-refractivity contribution is -0.146. The Kier molecular flexibility index (Phi) is 4.00. The largest absolute Gasteiger partial charge is 0.393 e. The summed E-state index contributed by atoms with van der Waals surface area (Å²) in [5, 5.41) is 8.80. The van der Waals surface area contributed by atoms with Crippen molar-refractivity contribution in [3.05, 3.63) is 0 Å². The fourth-order valence-electron chi connectivity index (χ4n) is 0.385. The van der Waals surface area contributed by atoms with Gasteiger partial charge in [-0.05, 0) is 6.42 Å². The van der Waals surface area contributed by atoms with E-state index in [2.05, 4.69) is 10.7 Å². The molecule has 4 heteroatoms. The number of nitrogens with two attached hydrogens (primary N) is 1. The molecule has 0 aliphatic heterocycles. The predicted molar refractivity (Wildman–Crippen MR) is 31.2 cm³/mol. The Balaban J connectivity index is 3.34. The summed E-state index contributed by atoms with van der Waals surface area (Å²) in [5.41, 5.74) is 0. The van der Waals surface area contributed by atoms with Crippen molar-refractivity contribution in [2.24, 2.45) is 5.90 Å². The first kappa shape index (κ1) is 8.39. The summed E-state index contributed by atoms with van der Waals surface area (Å²) in [6, 6.07) is 0. The van der Waals surface area contributed by atoms with Crippen molar-refractivity contribution in [3.63, 3.8) is 0 Å². The van der Waals surface area contributed by atoms with E-state index in [4.69, 9.17) is 5.11 Å². The summed E-state index contributed by atoms with van der Waals surface area (Å²) in [6.45, 7) is 1.77. The van der Waals surface area contributed by atoms with E-state index in [0.717, 1.165) is 0 Å². The van der Waals surface area contributed by atoms with Gasteiger partial charge in [-0.3, -0.25) is 4.79 Å². The van der Waals surface area contributed by atoms with Gasteiger partial charge in [0.05, 0.1) is 12.5 Å². The van der Waals surface area contributed by atoms with E-state index >= 15 is 0 Å². The van der Waals surface area contributed by atoms with Gasteiger partial charge in [0.2, 0.25) is 0 Å². The Morgan fingerprint density at radius 1 is 1.89 bits per heavy atom. The summed E-state index contributed by atoms with van der Waals surface area (Å²) in [4.78, 5) is 14.1. The Bertz CT molecular complexity index is 94.2. The smallest absolute Gasteiger partial charge is 0.327 e. The molecule has 1 atom stereocenters. The van der Waals surface area contributed by atoms with E-state index in [-0.39, 0.29) is 6.42 Å². The van der Waals surface area contributed by atoms with Gasteiger partial charge in [-0.15, -0.1) is 0 Å². The number of carbonyl (C=O) groups excluding carboxylic acids is 1. The molecule has 0 spiro atoms. The molecule has 0 bridgehead atoms. The molecule has 9 heavy (non-hydrogen) atoms. The van der Waals surface area contributed by atoms with Gasteiger partial charge in [0, 0.05) is 0 Å². The number of hydrogen-bond acceptors (Lipinski definition) is 4. The van der Waals surface area contributed by atoms with E-state index in [1.165, 1.54) is 0 Å².